The van der Waals surface area contributed by atoms with Gasteiger partial charge in [-0.15, -0.1) is 0 Å². The van der Waals surface area contributed by atoms with Crippen molar-refractivity contribution in [2.75, 3.05) is 19.6 Å². The van der Waals surface area contributed by atoms with E-state index < -0.39 is 11.9 Å². The third-order valence-corrected chi connectivity index (χ3v) is 1.83. The predicted octanol–water partition coefficient (Wildman–Crippen LogP) is 0.648. The van der Waals surface area contributed by atoms with Gasteiger partial charge in [0.2, 0.25) is 0 Å². The van der Waals surface area contributed by atoms with E-state index in [1.165, 1.54) is 0 Å². The maximum absolute atomic E-state index is 10.4. The number of nitrogens with zero attached hydrogens (tertiary/aromatic N) is 1. The molecule has 14 heavy (non-hydrogen) atoms. The van der Waals surface area contributed by atoms with Crippen molar-refractivity contribution in [3.63, 3.8) is 0 Å². The molecule has 2 N–H and O–H groups in total. The largest absolute Gasteiger partial charge is 0.481 e. The van der Waals surface area contributed by atoms with Gasteiger partial charge < -0.3 is 10.2 Å². The molecule has 0 aromatic carbocycles. The van der Waals surface area contributed by atoms with Crippen LogP contribution >= 0.6 is 0 Å². The highest BCUT2D eigenvalue weighted by Gasteiger charge is 2.10. The van der Waals surface area contributed by atoms with E-state index in [4.69, 9.17) is 10.2 Å². The highest BCUT2D eigenvalue weighted by atomic mass is 16.4. The Morgan fingerprint density at radius 3 is 2.21 bits per heavy atom. The lowest BCUT2D eigenvalue weighted by Crippen LogP contribution is -2.32. The molecule has 0 rings (SSSR count). The Bertz CT molecular complexity index is 193. The maximum atomic E-state index is 10.4. The molecule has 0 saturated heterocycles. The molecular weight excluding hydrogens is 186 g/mol. The van der Waals surface area contributed by atoms with Gasteiger partial charge in [-0.1, -0.05) is 13.3 Å². The highest BCUT2D eigenvalue weighted by Crippen LogP contribution is 1.96. The number of carboxylic acid groups (broad SMARTS) is 2. The Morgan fingerprint density at radius 2 is 1.79 bits per heavy atom. The fourth-order valence-corrected chi connectivity index (χ4v) is 1.10. The summed E-state index contributed by atoms with van der Waals surface area (Å²) in [6.07, 6.45) is 1.87. The van der Waals surface area contributed by atoms with Crippen molar-refractivity contribution in [3.8, 4) is 0 Å². The molecule has 82 valence electrons. The van der Waals surface area contributed by atoms with Crippen molar-refractivity contribution in [3.05, 3.63) is 0 Å². The van der Waals surface area contributed by atoms with Gasteiger partial charge in [0.05, 0.1) is 13.0 Å². The number of carboxylic acids is 2. The van der Waals surface area contributed by atoms with Crippen molar-refractivity contribution < 1.29 is 19.8 Å². The van der Waals surface area contributed by atoms with Crippen LogP contribution in [-0.4, -0.2) is 46.7 Å². The van der Waals surface area contributed by atoms with Crippen LogP contribution in [0.1, 0.15) is 26.2 Å². The van der Waals surface area contributed by atoms with Crippen molar-refractivity contribution >= 4 is 11.9 Å². The Balaban J connectivity index is 3.83. The van der Waals surface area contributed by atoms with Crippen molar-refractivity contribution in [2.45, 2.75) is 26.2 Å². The zero-order valence-electron chi connectivity index (χ0n) is 8.40. The summed E-state index contributed by atoms with van der Waals surface area (Å²) in [7, 11) is 0. The second kappa shape index (κ2) is 7.32. The number of hydrogen-bond donors (Lipinski definition) is 2. The molecule has 0 heterocycles. The first-order valence-corrected chi connectivity index (χ1v) is 4.72. The number of rotatable bonds is 8. The Hall–Kier alpha value is -1.10. The first-order valence-electron chi connectivity index (χ1n) is 4.72. The standard InChI is InChI=1S/C9H17NO4/c1-2-3-5-10(7-9(13)14)6-4-8(11)12/h2-7H2,1H3,(H,11,12)(H,13,14). The lowest BCUT2D eigenvalue weighted by Gasteiger charge is -2.18. The van der Waals surface area contributed by atoms with E-state index in [9.17, 15) is 9.59 Å². The monoisotopic (exact) mass is 203 g/mol. The van der Waals surface area contributed by atoms with E-state index in [-0.39, 0.29) is 13.0 Å². The molecule has 0 aromatic rings. The van der Waals surface area contributed by atoms with Gasteiger partial charge in [0.25, 0.3) is 0 Å². The van der Waals surface area contributed by atoms with Gasteiger partial charge in [-0.05, 0) is 13.0 Å². The molecule has 5 heteroatoms. The smallest absolute Gasteiger partial charge is 0.317 e. The second-order valence-corrected chi connectivity index (χ2v) is 3.17. The number of hydrogen-bond acceptors (Lipinski definition) is 3. The van der Waals surface area contributed by atoms with E-state index in [2.05, 4.69) is 0 Å². The van der Waals surface area contributed by atoms with Gasteiger partial charge in [0.1, 0.15) is 0 Å². The molecule has 0 unspecified atom stereocenters. The van der Waals surface area contributed by atoms with Gasteiger partial charge in [0.15, 0.2) is 0 Å². The minimum absolute atomic E-state index is 0.00298. The van der Waals surface area contributed by atoms with Crippen molar-refractivity contribution in [2.24, 2.45) is 0 Å². The Morgan fingerprint density at radius 1 is 1.14 bits per heavy atom. The maximum Gasteiger partial charge on any atom is 0.317 e. The van der Waals surface area contributed by atoms with Crippen molar-refractivity contribution in [1.29, 1.82) is 0 Å². The zero-order chi connectivity index (χ0) is 11.0. The molecule has 5 nitrogen and oxygen atoms in total. The lowest BCUT2D eigenvalue weighted by molar-refractivity contribution is -0.141. The molecular formula is C9H17NO4. The third-order valence-electron chi connectivity index (χ3n) is 1.83. The summed E-state index contributed by atoms with van der Waals surface area (Å²) in [6, 6.07) is 0. The van der Waals surface area contributed by atoms with E-state index in [1.807, 2.05) is 6.92 Å². The minimum atomic E-state index is -0.911. The van der Waals surface area contributed by atoms with Crippen LogP contribution in [0.25, 0.3) is 0 Å². The van der Waals surface area contributed by atoms with Gasteiger partial charge in [0, 0.05) is 6.54 Å². The van der Waals surface area contributed by atoms with Crippen LogP contribution in [0.5, 0.6) is 0 Å². The highest BCUT2D eigenvalue weighted by molar-refractivity contribution is 5.69. The zero-order valence-corrected chi connectivity index (χ0v) is 8.40. The second-order valence-electron chi connectivity index (χ2n) is 3.17. The summed E-state index contributed by atoms with van der Waals surface area (Å²) in [5.41, 5.74) is 0. The van der Waals surface area contributed by atoms with Gasteiger partial charge >= 0.3 is 11.9 Å². The summed E-state index contributed by atoms with van der Waals surface area (Å²) < 4.78 is 0. The minimum Gasteiger partial charge on any atom is -0.481 e. The van der Waals surface area contributed by atoms with E-state index >= 15 is 0 Å². The molecule has 0 amide bonds. The third kappa shape index (κ3) is 7.54. The lowest BCUT2D eigenvalue weighted by atomic mass is 10.3. The number of unbranched alkanes of at least 4 members (excludes halogenated alkanes) is 1. The van der Waals surface area contributed by atoms with E-state index in [0.29, 0.717) is 13.1 Å². The van der Waals surface area contributed by atoms with Crippen LogP contribution in [-0.2, 0) is 9.59 Å². The molecule has 0 radical (unpaired) electrons. The Kier molecular flexibility index (Phi) is 6.74. The summed E-state index contributed by atoms with van der Waals surface area (Å²) in [5.74, 6) is -1.80. The van der Waals surface area contributed by atoms with Crippen molar-refractivity contribution in [1.82, 2.24) is 4.90 Å². The summed E-state index contributed by atoms with van der Waals surface area (Å²) in [6.45, 7) is 2.89. The van der Waals surface area contributed by atoms with E-state index in [1.54, 1.807) is 4.90 Å². The van der Waals surface area contributed by atoms with Crippen LogP contribution in [0.15, 0.2) is 0 Å². The molecule has 0 aliphatic carbocycles. The SMILES string of the molecule is CCCCN(CCC(=O)O)CC(=O)O. The number of aliphatic carboxylic acids is 2. The quantitative estimate of drug-likeness (QED) is 0.605. The molecule has 0 aliphatic heterocycles. The molecule has 0 bridgehead atoms. The molecule has 0 atom stereocenters. The summed E-state index contributed by atoms with van der Waals surface area (Å²) >= 11 is 0. The molecule has 0 aliphatic rings. The Labute approximate surface area is 83.3 Å². The molecule has 0 fully saturated rings. The first kappa shape index (κ1) is 12.9. The fraction of sp³-hybridized carbons (Fsp3) is 0.778. The predicted molar refractivity (Wildman–Crippen MR) is 51.2 cm³/mol. The van der Waals surface area contributed by atoms with E-state index in [0.717, 1.165) is 12.8 Å². The van der Waals surface area contributed by atoms with Crippen LogP contribution in [0.2, 0.25) is 0 Å². The van der Waals surface area contributed by atoms with Gasteiger partial charge in [-0.3, -0.25) is 14.5 Å². The van der Waals surface area contributed by atoms with Crippen LogP contribution in [0, 0.1) is 0 Å². The van der Waals surface area contributed by atoms with Gasteiger partial charge in [-0.25, -0.2) is 0 Å². The van der Waals surface area contributed by atoms with Crippen LogP contribution in [0.4, 0.5) is 0 Å². The molecule has 0 aromatic heterocycles. The summed E-state index contributed by atoms with van der Waals surface area (Å²) in [5, 5.41) is 17.0. The van der Waals surface area contributed by atoms with Crippen LogP contribution < -0.4 is 0 Å². The fourth-order valence-electron chi connectivity index (χ4n) is 1.10. The normalized spacial score (nSPS) is 10.4. The summed E-state index contributed by atoms with van der Waals surface area (Å²) in [4.78, 5) is 22.4. The average Bonchev–Trinajstić information content (AvgIpc) is 2.09. The number of carbonyl (C=O) groups is 2. The average molecular weight is 203 g/mol. The molecule has 0 spiro atoms. The molecule has 0 saturated carbocycles. The topological polar surface area (TPSA) is 77.8 Å². The first-order chi connectivity index (χ1) is 6.56. The van der Waals surface area contributed by atoms with Crippen LogP contribution in [0.3, 0.4) is 0 Å². The van der Waals surface area contributed by atoms with Gasteiger partial charge in [-0.2, -0.15) is 0 Å².